The number of allylic oxidation sites excluding steroid dienone is 1. The quantitative estimate of drug-likeness (QED) is 0.149. The van der Waals surface area contributed by atoms with Crippen molar-refractivity contribution in [1.29, 1.82) is 0 Å². The van der Waals surface area contributed by atoms with Crippen LogP contribution in [0.4, 0.5) is 9.18 Å². The first-order valence-corrected chi connectivity index (χ1v) is 23.7. The molecule has 6 bridgehead atoms. The minimum Gasteiger partial charge on any atom is -0.464 e. The highest BCUT2D eigenvalue weighted by Gasteiger charge is 2.52. The van der Waals surface area contributed by atoms with Gasteiger partial charge < -0.3 is 38.5 Å². The van der Waals surface area contributed by atoms with Crippen molar-refractivity contribution in [2.75, 3.05) is 47.1 Å². The minimum atomic E-state index is -1.18. The normalized spacial score (nSPS) is 22.7. The number of hydrogen-bond donors (Lipinski definition) is 2. The second-order valence-electron chi connectivity index (χ2n) is 19.5. The molecule has 0 spiro atoms. The number of nitrogens with one attached hydrogen (secondary N) is 2. The van der Waals surface area contributed by atoms with E-state index in [2.05, 4.69) is 54.3 Å². The molecule has 3 fully saturated rings. The summed E-state index contributed by atoms with van der Waals surface area (Å²) in [6, 6.07) is 6.29. The molecule has 3 aromatic heterocycles. The number of nitrogens with zero attached hydrogens (tertiary/aromatic N) is 7. The molecular weight excluding hydrogens is 874 g/mol. The highest BCUT2D eigenvalue weighted by Crippen LogP contribution is 2.42. The SMILES string of the molecule is CCn1c(-c2cccnc2[C@H](C)OC)c2c3cc(ccc31)-c1nc(co1)C[C@H](NC(=O)[C@H](C(C)C)N(C)C(=O)N1C[C@H]3C1CCN3C(=O)/C=C/CF)C(=O)N1CCC[C@H](N1)C(=O)OCC(C)(C)C2. The molecule has 4 aliphatic heterocycles. The Hall–Kier alpha value is -6.14. The molecule has 4 aromatic rings. The number of oxazole rings is 1. The number of amides is 5. The Balaban J connectivity index is 1.12. The number of carbonyl (C=O) groups excluding carboxylic acids is 5. The monoisotopic (exact) mass is 937 g/mol. The number of urea groups is 1. The molecule has 5 amide bonds. The lowest BCUT2D eigenvalue weighted by Crippen LogP contribution is -2.68. The van der Waals surface area contributed by atoms with Gasteiger partial charge in [0.15, 0.2) is 0 Å². The van der Waals surface area contributed by atoms with Crippen molar-refractivity contribution in [1.82, 2.24) is 45.0 Å². The van der Waals surface area contributed by atoms with Crippen molar-refractivity contribution in [3.8, 4) is 22.7 Å². The van der Waals surface area contributed by atoms with Crippen LogP contribution in [0.5, 0.6) is 0 Å². The number of halogens is 1. The summed E-state index contributed by atoms with van der Waals surface area (Å²) in [5, 5.41) is 5.32. The molecule has 8 rings (SSSR count). The van der Waals surface area contributed by atoms with E-state index in [9.17, 15) is 28.4 Å². The van der Waals surface area contributed by atoms with Crippen LogP contribution in [0.25, 0.3) is 33.6 Å². The molecule has 0 aliphatic carbocycles. The molecule has 68 heavy (non-hydrogen) atoms. The number of aromatic nitrogens is 3. The number of fused-ring (bicyclic) bond motifs is 7. The Morgan fingerprint density at radius 1 is 1.10 bits per heavy atom. The van der Waals surface area contributed by atoms with E-state index in [-0.39, 0.29) is 62.2 Å². The first-order valence-electron chi connectivity index (χ1n) is 23.7. The number of alkyl halides is 1. The molecule has 0 radical (unpaired) electrons. The first-order chi connectivity index (χ1) is 32.5. The number of benzene rings is 1. The average molecular weight is 938 g/mol. The summed E-state index contributed by atoms with van der Waals surface area (Å²) in [5.74, 6) is -1.84. The standard InChI is InChI=1S/C50H64FN9O8/c1-9-57-38-17-16-31-23-34(38)35(44(57)33-13-11-20-52-42(33)30(4)66-8)25-50(5,6)28-68-48(64)36-14-12-21-60(55-36)47(63)37(24-32-27-67-46(31)53-32)54-45(62)43(29(2)3)56(7)49(65)59-26-40-39(59)18-22-58(40)41(61)15-10-19-51/h10-11,13,15-17,20,23,27,29-30,36-37,39-40,43,55H,9,12,14,18-19,21-22,24-26,28H2,1-8H3,(H,54,62)/b15-10+/t30-,36-,37-,39?,40-,43-/m0/s1. The molecule has 6 atom stereocenters. The van der Waals surface area contributed by atoms with Crippen LogP contribution in [0.3, 0.4) is 0 Å². The molecule has 1 aromatic carbocycles. The molecule has 4 aliphatic rings. The summed E-state index contributed by atoms with van der Waals surface area (Å²) in [6.45, 7) is 12.9. The minimum absolute atomic E-state index is 0.0556. The number of hydrogen-bond acceptors (Lipinski definition) is 11. The number of hydrazine groups is 1. The van der Waals surface area contributed by atoms with Crippen LogP contribution in [0.15, 0.2) is 59.4 Å². The van der Waals surface area contributed by atoms with Crippen LogP contribution in [0.1, 0.15) is 83.9 Å². The Kier molecular flexibility index (Phi) is 14.1. The second-order valence-corrected chi connectivity index (χ2v) is 19.5. The van der Waals surface area contributed by atoms with Gasteiger partial charge in [-0.05, 0) is 87.4 Å². The largest absolute Gasteiger partial charge is 0.464 e. The van der Waals surface area contributed by atoms with Crippen molar-refractivity contribution < 1.29 is 42.3 Å². The maximum Gasteiger partial charge on any atom is 0.324 e. The number of cyclic esters (lactones) is 1. The zero-order valence-corrected chi connectivity index (χ0v) is 40.3. The predicted octanol–water partition coefficient (Wildman–Crippen LogP) is 5.62. The highest BCUT2D eigenvalue weighted by molar-refractivity contribution is 5.95. The molecule has 7 heterocycles. The molecule has 3 saturated heterocycles. The first kappa shape index (κ1) is 48.3. The molecule has 18 heteroatoms. The highest BCUT2D eigenvalue weighted by atomic mass is 19.1. The van der Waals surface area contributed by atoms with Crippen LogP contribution in [0.2, 0.25) is 0 Å². The van der Waals surface area contributed by atoms with Gasteiger partial charge in [0.05, 0.1) is 41.9 Å². The molecule has 364 valence electrons. The Morgan fingerprint density at radius 2 is 1.90 bits per heavy atom. The zero-order chi connectivity index (χ0) is 48.6. The van der Waals surface area contributed by atoms with E-state index < -0.39 is 48.0 Å². The predicted molar refractivity (Wildman–Crippen MR) is 251 cm³/mol. The smallest absolute Gasteiger partial charge is 0.324 e. The van der Waals surface area contributed by atoms with Gasteiger partial charge in [-0.3, -0.25) is 29.2 Å². The topological polar surface area (TPSA) is 185 Å². The fourth-order valence-electron chi connectivity index (χ4n) is 10.4. The fraction of sp³-hybridized carbons (Fsp3) is 0.540. The van der Waals surface area contributed by atoms with Gasteiger partial charge in [0.1, 0.15) is 31.1 Å². The Labute approximate surface area is 396 Å². The van der Waals surface area contributed by atoms with E-state index in [0.29, 0.717) is 55.9 Å². The average Bonchev–Trinajstić information content (AvgIpc) is 4.01. The number of methoxy groups -OCH3 is 1. The van der Waals surface area contributed by atoms with Crippen LogP contribution in [-0.2, 0) is 48.0 Å². The zero-order valence-electron chi connectivity index (χ0n) is 40.3. The van der Waals surface area contributed by atoms with E-state index in [0.717, 1.165) is 33.4 Å². The van der Waals surface area contributed by atoms with E-state index in [1.54, 1.807) is 30.2 Å². The van der Waals surface area contributed by atoms with Crippen molar-refractivity contribution >= 4 is 40.6 Å². The second kappa shape index (κ2) is 19.8. The van der Waals surface area contributed by atoms with E-state index in [1.807, 2.05) is 32.9 Å². The third-order valence-corrected chi connectivity index (χ3v) is 13.9. The Bertz CT molecular complexity index is 2590. The molecular formula is C50H64FN9O8. The van der Waals surface area contributed by atoms with Gasteiger partial charge in [0, 0.05) is 86.5 Å². The summed E-state index contributed by atoms with van der Waals surface area (Å²) < 4.78 is 33.0. The maximum atomic E-state index is 14.6. The van der Waals surface area contributed by atoms with Crippen LogP contribution in [-0.4, -0.2) is 141 Å². The third-order valence-electron chi connectivity index (χ3n) is 13.9. The van der Waals surface area contributed by atoms with Crippen LogP contribution >= 0.6 is 0 Å². The number of carbonyl (C=O) groups is 5. The van der Waals surface area contributed by atoms with Crippen molar-refractivity contribution in [2.24, 2.45) is 11.3 Å². The summed E-state index contributed by atoms with van der Waals surface area (Å²) in [7, 11) is 3.23. The van der Waals surface area contributed by atoms with Crippen molar-refractivity contribution in [3.05, 3.63) is 71.9 Å². The van der Waals surface area contributed by atoms with Crippen molar-refractivity contribution in [3.63, 3.8) is 0 Å². The van der Waals surface area contributed by atoms with Gasteiger partial charge in [0.25, 0.3) is 5.91 Å². The summed E-state index contributed by atoms with van der Waals surface area (Å²) >= 11 is 0. The maximum absolute atomic E-state index is 14.6. The number of esters is 1. The van der Waals surface area contributed by atoms with Gasteiger partial charge in [-0.15, -0.1) is 0 Å². The lowest BCUT2D eigenvalue weighted by molar-refractivity contribution is -0.155. The molecule has 2 N–H and O–H groups in total. The van der Waals surface area contributed by atoms with Crippen LogP contribution < -0.4 is 10.7 Å². The number of ether oxygens (including phenoxy) is 2. The number of aryl methyl sites for hydroxylation is 1. The third kappa shape index (κ3) is 9.36. The molecule has 1 unspecified atom stereocenters. The molecule has 17 nitrogen and oxygen atoms in total. The van der Waals surface area contributed by atoms with Crippen LogP contribution in [0, 0.1) is 11.3 Å². The summed E-state index contributed by atoms with van der Waals surface area (Å²) in [6.07, 6.45) is 7.35. The number of pyridine rings is 1. The van der Waals surface area contributed by atoms with Gasteiger partial charge in [-0.1, -0.05) is 27.7 Å². The van der Waals surface area contributed by atoms with Gasteiger partial charge in [0.2, 0.25) is 17.7 Å². The Morgan fingerprint density at radius 3 is 2.63 bits per heavy atom. The summed E-state index contributed by atoms with van der Waals surface area (Å²) in [4.78, 5) is 84.2. The van der Waals surface area contributed by atoms with Crippen molar-refractivity contribution in [2.45, 2.75) is 117 Å². The lowest BCUT2D eigenvalue weighted by Gasteiger charge is -2.48. The number of rotatable bonds is 10. The van der Waals surface area contributed by atoms with Gasteiger partial charge >= 0.3 is 12.0 Å². The lowest BCUT2D eigenvalue weighted by atomic mass is 9.84. The van der Waals surface area contributed by atoms with E-state index in [1.165, 1.54) is 28.3 Å². The molecule has 0 saturated carbocycles. The number of likely N-dealkylation sites (N-methyl/N-ethyl adjacent to an activating group) is 1. The van der Waals surface area contributed by atoms with E-state index in [4.69, 9.17) is 23.9 Å². The van der Waals surface area contributed by atoms with E-state index >= 15 is 0 Å². The van der Waals surface area contributed by atoms with Gasteiger partial charge in [-0.25, -0.2) is 19.6 Å². The fourth-order valence-corrected chi connectivity index (χ4v) is 10.4. The van der Waals surface area contributed by atoms with Gasteiger partial charge in [-0.2, -0.15) is 0 Å². The number of likely N-dealkylation sites (tertiary alicyclic amines) is 2. The summed E-state index contributed by atoms with van der Waals surface area (Å²) in [5.41, 5.74) is 8.46.